The fourth-order valence-corrected chi connectivity index (χ4v) is 2.37. The van der Waals surface area contributed by atoms with Gasteiger partial charge in [-0.1, -0.05) is 18.9 Å². The topological polar surface area (TPSA) is 75.4 Å². The summed E-state index contributed by atoms with van der Waals surface area (Å²) in [6, 6.07) is 4.16. The number of carbonyl (C=O) groups excluding carboxylic acids is 1. The van der Waals surface area contributed by atoms with E-state index in [1.165, 1.54) is 12.1 Å². The van der Waals surface area contributed by atoms with Crippen LogP contribution in [-0.2, 0) is 0 Å². The Hall–Kier alpha value is -1.62. The van der Waals surface area contributed by atoms with E-state index >= 15 is 0 Å². The summed E-state index contributed by atoms with van der Waals surface area (Å²) in [5.41, 5.74) is 5.39. The molecule has 98 valence electrons. The first-order valence-corrected chi connectivity index (χ1v) is 6.12. The number of rotatable bonds is 3. The summed E-state index contributed by atoms with van der Waals surface area (Å²) in [5, 5.41) is 12.9. The lowest BCUT2D eigenvalue weighted by molar-refractivity contribution is 0.0995. The molecule has 2 atom stereocenters. The van der Waals surface area contributed by atoms with Gasteiger partial charge in [-0.25, -0.2) is 4.39 Å². The zero-order chi connectivity index (χ0) is 13.1. The lowest BCUT2D eigenvalue weighted by atomic mass is 9.92. The van der Waals surface area contributed by atoms with E-state index in [2.05, 4.69) is 5.32 Å². The van der Waals surface area contributed by atoms with Crippen LogP contribution in [0.2, 0.25) is 0 Å². The van der Waals surface area contributed by atoms with Gasteiger partial charge >= 0.3 is 0 Å². The number of aliphatic hydroxyl groups excluding tert-OH is 1. The van der Waals surface area contributed by atoms with Crippen molar-refractivity contribution in [2.75, 3.05) is 5.32 Å². The van der Waals surface area contributed by atoms with Gasteiger partial charge in [-0.15, -0.1) is 0 Å². The van der Waals surface area contributed by atoms with Gasteiger partial charge in [0.05, 0.1) is 23.4 Å². The van der Waals surface area contributed by atoms with Crippen molar-refractivity contribution in [2.45, 2.75) is 37.8 Å². The molecule has 1 aromatic carbocycles. The Morgan fingerprint density at radius 2 is 2.11 bits per heavy atom. The Morgan fingerprint density at radius 1 is 1.39 bits per heavy atom. The molecule has 1 aromatic rings. The molecule has 2 rings (SSSR count). The van der Waals surface area contributed by atoms with E-state index in [0.29, 0.717) is 5.69 Å². The van der Waals surface area contributed by atoms with Crippen LogP contribution >= 0.6 is 0 Å². The molecule has 18 heavy (non-hydrogen) atoms. The quantitative estimate of drug-likeness (QED) is 0.765. The third-order valence-electron chi connectivity index (χ3n) is 3.33. The van der Waals surface area contributed by atoms with Gasteiger partial charge in [0.1, 0.15) is 5.82 Å². The van der Waals surface area contributed by atoms with Crippen LogP contribution in [0.1, 0.15) is 36.0 Å². The number of aliphatic hydroxyl groups is 1. The zero-order valence-corrected chi connectivity index (χ0v) is 10.0. The first-order chi connectivity index (χ1) is 8.59. The minimum absolute atomic E-state index is 0.143. The third kappa shape index (κ3) is 2.61. The van der Waals surface area contributed by atoms with Crippen LogP contribution < -0.4 is 11.1 Å². The SMILES string of the molecule is NC(=O)c1c(F)cccc1N[C@H]1CCCC[C@@H]1O. The second-order valence-electron chi connectivity index (χ2n) is 4.63. The standard InChI is InChI=1S/C13H17FN2O2/c14-8-4-3-6-10(12(8)13(15)18)16-9-5-1-2-7-11(9)17/h3-4,6,9,11,16-17H,1-2,5,7H2,(H2,15,18)/t9-,11-/m0/s1. The molecule has 0 radical (unpaired) electrons. The van der Waals surface area contributed by atoms with E-state index in [9.17, 15) is 14.3 Å². The Kier molecular flexibility index (Phi) is 3.81. The molecule has 1 fully saturated rings. The van der Waals surface area contributed by atoms with Gasteiger partial charge in [-0.2, -0.15) is 0 Å². The molecule has 1 aliphatic carbocycles. The van der Waals surface area contributed by atoms with Crippen molar-refractivity contribution in [1.82, 2.24) is 0 Å². The summed E-state index contributed by atoms with van der Waals surface area (Å²) >= 11 is 0. The summed E-state index contributed by atoms with van der Waals surface area (Å²) in [5.74, 6) is -1.45. The first kappa shape index (κ1) is 12.8. The van der Waals surface area contributed by atoms with Crippen LogP contribution in [0.15, 0.2) is 18.2 Å². The summed E-state index contributed by atoms with van der Waals surface area (Å²) < 4.78 is 13.5. The van der Waals surface area contributed by atoms with E-state index in [-0.39, 0.29) is 11.6 Å². The van der Waals surface area contributed by atoms with Gasteiger partial charge in [0.2, 0.25) is 0 Å². The van der Waals surface area contributed by atoms with Crippen LogP contribution in [-0.4, -0.2) is 23.2 Å². The second-order valence-corrected chi connectivity index (χ2v) is 4.63. The summed E-state index contributed by atoms with van der Waals surface area (Å²) in [4.78, 5) is 11.2. The Morgan fingerprint density at radius 3 is 2.78 bits per heavy atom. The molecule has 0 aromatic heterocycles. The molecule has 1 amide bonds. The smallest absolute Gasteiger partial charge is 0.253 e. The number of amides is 1. The number of halogens is 1. The monoisotopic (exact) mass is 252 g/mol. The van der Waals surface area contributed by atoms with Crippen molar-refractivity contribution in [3.63, 3.8) is 0 Å². The molecule has 4 N–H and O–H groups in total. The minimum Gasteiger partial charge on any atom is -0.391 e. The number of carbonyl (C=O) groups is 1. The number of hydrogen-bond donors (Lipinski definition) is 3. The van der Waals surface area contributed by atoms with E-state index in [4.69, 9.17) is 5.73 Å². The predicted octanol–water partition coefficient (Wildman–Crippen LogP) is 1.64. The van der Waals surface area contributed by atoms with Gasteiger partial charge in [0.25, 0.3) is 5.91 Å². The Balaban J connectivity index is 2.23. The molecule has 0 aliphatic heterocycles. The average Bonchev–Trinajstić information content (AvgIpc) is 2.31. The van der Waals surface area contributed by atoms with Gasteiger partial charge in [0.15, 0.2) is 0 Å². The van der Waals surface area contributed by atoms with Crippen molar-refractivity contribution in [3.05, 3.63) is 29.6 Å². The summed E-state index contributed by atoms with van der Waals surface area (Å²) in [6.07, 6.45) is 3.05. The molecule has 1 saturated carbocycles. The number of primary amides is 1. The van der Waals surface area contributed by atoms with Crippen molar-refractivity contribution in [2.24, 2.45) is 5.73 Å². The van der Waals surface area contributed by atoms with Gasteiger partial charge in [-0.05, 0) is 25.0 Å². The molecule has 0 saturated heterocycles. The maximum atomic E-state index is 13.5. The van der Waals surface area contributed by atoms with E-state index in [1.807, 2.05) is 0 Å². The third-order valence-corrected chi connectivity index (χ3v) is 3.33. The van der Waals surface area contributed by atoms with Crippen LogP contribution in [0.25, 0.3) is 0 Å². The molecule has 1 aliphatic rings. The number of nitrogens with one attached hydrogen (secondary N) is 1. The lowest BCUT2D eigenvalue weighted by Gasteiger charge is -2.29. The highest BCUT2D eigenvalue weighted by molar-refractivity contribution is 5.98. The lowest BCUT2D eigenvalue weighted by Crippen LogP contribution is -2.37. The number of nitrogens with two attached hydrogens (primary N) is 1. The van der Waals surface area contributed by atoms with Gasteiger partial charge in [-0.3, -0.25) is 4.79 Å². The maximum Gasteiger partial charge on any atom is 0.253 e. The molecule has 0 bridgehead atoms. The predicted molar refractivity (Wildman–Crippen MR) is 66.8 cm³/mol. The van der Waals surface area contributed by atoms with Gasteiger partial charge in [0, 0.05) is 0 Å². The Labute approximate surface area is 105 Å². The van der Waals surface area contributed by atoms with Crippen molar-refractivity contribution in [1.29, 1.82) is 0 Å². The molecular formula is C13H17FN2O2. The fourth-order valence-electron chi connectivity index (χ4n) is 2.37. The first-order valence-electron chi connectivity index (χ1n) is 6.12. The minimum atomic E-state index is -0.805. The second kappa shape index (κ2) is 5.35. The highest BCUT2D eigenvalue weighted by atomic mass is 19.1. The highest BCUT2D eigenvalue weighted by Crippen LogP contribution is 2.25. The van der Waals surface area contributed by atoms with Crippen molar-refractivity contribution >= 4 is 11.6 Å². The average molecular weight is 252 g/mol. The zero-order valence-electron chi connectivity index (χ0n) is 10.0. The Bertz CT molecular complexity index is 451. The number of benzene rings is 1. The molecule has 0 unspecified atom stereocenters. The fraction of sp³-hybridized carbons (Fsp3) is 0.462. The summed E-state index contributed by atoms with van der Waals surface area (Å²) in [6.45, 7) is 0. The largest absolute Gasteiger partial charge is 0.391 e. The normalized spacial score (nSPS) is 23.7. The number of hydrogen-bond acceptors (Lipinski definition) is 3. The molecule has 5 heteroatoms. The van der Waals surface area contributed by atoms with E-state index < -0.39 is 17.8 Å². The molecule has 0 spiro atoms. The highest BCUT2D eigenvalue weighted by Gasteiger charge is 2.24. The van der Waals surface area contributed by atoms with E-state index in [1.54, 1.807) is 6.07 Å². The maximum absolute atomic E-state index is 13.5. The number of anilines is 1. The summed E-state index contributed by atoms with van der Waals surface area (Å²) in [7, 11) is 0. The van der Waals surface area contributed by atoms with Crippen LogP contribution in [0.4, 0.5) is 10.1 Å². The molecular weight excluding hydrogens is 235 g/mol. The van der Waals surface area contributed by atoms with Crippen molar-refractivity contribution in [3.8, 4) is 0 Å². The van der Waals surface area contributed by atoms with Crippen molar-refractivity contribution < 1.29 is 14.3 Å². The van der Waals surface area contributed by atoms with Crippen LogP contribution in [0.3, 0.4) is 0 Å². The van der Waals surface area contributed by atoms with Gasteiger partial charge < -0.3 is 16.2 Å². The molecule has 4 nitrogen and oxygen atoms in total. The van der Waals surface area contributed by atoms with E-state index in [0.717, 1.165) is 25.7 Å². The molecule has 0 heterocycles. The van der Waals surface area contributed by atoms with Crippen LogP contribution in [0.5, 0.6) is 0 Å². The van der Waals surface area contributed by atoms with Crippen LogP contribution in [0, 0.1) is 5.82 Å².